The molecule has 0 heterocycles. The molecule has 1 atom stereocenters. The van der Waals surface area contributed by atoms with Crippen LogP contribution in [0, 0.1) is 11.6 Å². The van der Waals surface area contributed by atoms with Crippen LogP contribution in [0.2, 0.25) is 0 Å². The Bertz CT molecular complexity index is 843. The van der Waals surface area contributed by atoms with E-state index in [9.17, 15) is 18.4 Å². The molecule has 2 aromatic rings. The number of nitrogens with one attached hydrogen (secondary N) is 2. The second-order valence-corrected chi connectivity index (χ2v) is 7.79. The van der Waals surface area contributed by atoms with Gasteiger partial charge in [-0.1, -0.05) is 32.9 Å². The molecule has 0 radical (unpaired) electrons. The highest BCUT2D eigenvalue weighted by Gasteiger charge is 2.16. The zero-order valence-electron chi connectivity index (χ0n) is 16.6. The minimum absolute atomic E-state index is 0.00489. The number of halogens is 2. The minimum Gasteiger partial charge on any atom is -0.352 e. The summed E-state index contributed by atoms with van der Waals surface area (Å²) in [6.45, 7) is 8.00. The maximum Gasteiger partial charge on any atom is 0.251 e. The highest BCUT2D eigenvalue weighted by atomic mass is 19.1. The molecule has 0 bridgehead atoms. The molecule has 0 spiro atoms. The second kappa shape index (κ2) is 8.95. The van der Waals surface area contributed by atoms with Crippen molar-refractivity contribution in [1.82, 2.24) is 10.6 Å². The van der Waals surface area contributed by atoms with E-state index in [-0.39, 0.29) is 35.8 Å². The summed E-state index contributed by atoms with van der Waals surface area (Å²) < 4.78 is 27.0. The summed E-state index contributed by atoms with van der Waals surface area (Å²) in [6, 6.07) is 9.77. The highest BCUT2D eigenvalue weighted by Crippen LogP contribution is 2.22. The number of benzene rings is 2. The maximum atomic E-state index is 13.7. The Kier molecular flexibility index (Phi) is 6.89. The molecular formula is C22H26F2N2O2. The summed E-state index contributed by atoms with van der Waals surface area (Å²) in [4.78, 5) is 24.2. The number of hydrogen-bond donors (Lipinski definition) is 2. The zero-order valence-corrected chi connectivity index (χ0v) is 16.6. The Morgan fingerprint density at radius 2 is 1.68 bits per heavy atom. The average Bonchev–Trinajstić information content (AvgIpc) is 2.62. The predicted octanol–water partition coefficient (Wildman–Crippen LogP) is 4.26. The van der Waals surface area contributed by atoms with E-state index in [1.807, 2.05) is 12.1 Å². The van der Waals surface area contributed by atoms with Crippen molar-refractivity contribution < 1.29 is 18.4 Å². The van der Waals surface area contributed by atoms with Gasteiger partial charge in [-0.05, 0) is 48.2 Å². The van der Waals surface area contributed by atoms with Gasteiger partial charge in [-0.15, -0.1) is 0 Å². The van der Waals surface area contributed by atoms with Crippen molar-refractivity contribution in [3.05, 3.63) is 70.8 Å². The van der Waals surface area contributed by atoms with Crippen LogP contribution in [0.15, 0.2) is 42.5 Å². The third-order valence-electron chi connectivity index (χ3n) is 4.45. The van der Waals surface area contributed by atoms with E-state index in [0.717, 1.165) is 23.8 Å². The Morgan fingerprint density at radius 3 is 2.29 bits per heavy atom. The van der Waals surface area contributed by atoms with E-state index in [1.54, 1.807) is 19.1 Å². The van der Waals surface area contributed by atoms with E-state index in [1.165, 1.54) is 0 Å². The summed E-state index contributed by atoms with van der Waals surface area (Å²) in [6.07, 6.45) is 0.0348. The SMILES string of the molecule is CC(NC(=O)CCNC(=O)c1ccc(C(C)(C)C)cc1)c1cc(F)ccc1F. The van der Waals surface area contributed by atoms with Gasteiger partial charge in [0, 0.05) is 24.1 Å². The third kappa shape index (κ3) is 5.87. The van der Waals surface area contributed by atoms with E-state index in [2.05, 4.69) is 31.4 Å². The number of rotatable bonds is 6. The van der Waals surface area contributed by atoms with E-state index < -0.39 is 17.7 Å². The van der Waals surface area contributed by atoms with E-state index >= 15 is 0 Å². The fraction of sp³-hybridized carbons (Fsp3) is 0.364. The first-order chi connectivity index (χ1) is 13.1. The van der Waals surface area contributed by atoms with Gasteiger partial charge in [0.2, 0.25) is 5.91 Å². The second-order valence-electron chi connectivity index (χ2n) is 7.79. The number of hydrogen-bond acceptors (Lipinski definition) is 2. The van der Waals surface area contributed by atoms with Gasteiger partial charge >= 0.3 is 0 Å². The number of carbonyl (C=O) groups is 2. The van der Waals surface area contributed by atoms with Crippen LogP contribution in [-0.4, -0.2) is 18.4 Å². The summed E-state index contributed by atoms with van der Waals surface area (Å²) in [5, 5.41) is 5.29. The van der Waals surface area contributed by atoms with Crippen molar-refractivity contribution in [2.24, 2.45) is 0 Å². The average molecular weight is 388 g/mol. The topological polar surface area (TPSA) is 58.2 Å². The van der Waals surface area contributed by atoms with Crippen LogP contribution >= 0.6 is 0 Å². The van der Waals surface area contributed by atoms with Gasteiger partial charge in [0.1, 0.15) is 11.6 Å². The fourth-order valence-electron chi connectivity index (χ4n) is 2.75. The summed E-state index contributed by atoms with van der Waals surface area (Å²) >= 11 is 0. The summed E-state index contributed by atoms with van der Waals surface area (Å²) in [5.41, 5.74) is 1.73. The molecule has 0 saturated heterocycles. The maximum absolute atomic E-state index is 13.7. The molecule has 2 amide bonds. The lowest BCUT2D eigenvalue weighted by atomic mass is 9.87. The van der Waals surface area contributed by atoms with Gasteiger partial charge < -0.3 is 10.6 Å². The molecular weight excluding hydrogens is 362 g/mol. The number of carbonyl (C=O) groups excluding carboxylic acids is 2. The van der Waals surface area contributed by atoms with Crippen molar-refractivity contribution in [2.45, 2.75) is 45.6 Å². The van der Waals surface area contributed by atoms with Crippen LogP contribution in [0.5, 0.6) is 0 Å². The summed E-state index contributed by atoms with van der Waals surface area (Å²) in [5.74, 6) is -1.78. The standard InChI is InChI=1S/C22H26F2N2O2/c1-14(18-13-17(23)9-10-19(18)24)26-20(27)11-12-25-21(28)15-5-7-16(8-6-15)22(2,3)4/h5-10,13-14H,11-12H2,1-4H3,(H,25,28)(H,26,27). The third-order valence-corrected chi connectivity index (χ3v) is 4.45. The normalized spacial score (nSPS) is 12.4. The monoisotopic (exact) mass is 388 g/mol. The smallest absolute Gasteiger partial charge is 0.251 e. The van der Waals surface area contributed by atoms with Gasteiger partial charge in [-0.3, -0.25) is 9.59 Å². The fourth-order valence-corrected chi connectivity index (χ4v) is 2.75. The quantitative estimate of drug-likeness (QED) is 0.777. The van der Waals surface area contributed by atoms with Crippen LogP contribution in [0.3, 0.4) is 0 Å². The molecule has 28 heavy (non-hydrogen) atoms. The first-order valence-corrected chi connectivity index (χ1v) is 9.21. The first kappa shape index (κ1) is 21.5. The molecule has 0 aliphatic rings. The van der Waals surface area contributed by atoms with Gasteiger partial charge in [-0.2, -0.15) is 0 Å². The Balaban J connectivity index is 1.83. The predicted molar refractivity (Wildman–Crippen MR) is 105 cm³/mol. The van der Waals surface area contributed by atoms with E-state index in [4.69, 9.17) is 0 Å². The lowest BCUT2D eigenvalue weighted by Gasteiger charge is -2.19. The molecule has 0 aromatic heterocycles. The molecule has 2 aromatic carbocycles. The van der Waals surface area contributed by atoms with Crippen LogP contribution < -0.4 is 10.6 Å². The Hall–Kier alpha value is -2.76. The molecule has 2 rings (SSSR count). The van der Waals surface area contributed by atoms with Crippen LogP contribution in [0.4, 0.5) is 8.78 Å². The highest BCUT2D eigenvalue weighted by molar-refractivity contribution is 5.94. The van der Waals surface area contributed by atoms with Crippen LogP contribution in [-0.2, 0) is 10.2 Å². The van der Waals surface area contributed by atoms with Crippen LogP contribution in [0.1, 0.15) is 61.6 Å². The van der Waals surface area contributed by atoms with Gasteiger partial charge in [0.05, 0.1) is 6.04 Å². The molecule has 2 N–H and O–H groups in total. The van der Waals surface area contributed by atoms with Crippen molar-refractivity contribution >= 4 is 11.8 Å². The van der Waals surface area contributed by atoms with Crippen molar-refractivity contribution in [3.8, 4) is 0 Å². The van der Waals surface area contributed by atoms with Gasteiger partial charge in [0.25, 0.3) is 5.91 Å². The molecule has 0 fully saturated rings. The van der Waals surface area contributed by atoms with Crippen molar-refractivity contribution in [1.29, 1.82) is 0 Å². The molecule has 0 aliphatic heterocycles. The lowest BCUT2D eigenvalue weighted by Crippen LogP contribution is -2.32. The van der Waals surface area contributed by atoms with Gasteiger partial charge in [-0.25, -0.2) is 8.78 Å². The van der Waals surface area contributed by atoms with Crippen molar-refractivity contribution in [3.63, 3.8) is 0 Å². The molecule has 1 unspecified atom stereocenters. The zero-order chi connectivity index (χ0) is 20.9. The molecule has 0 saturated carbocycles. The molecule has 0 aliphatic carbocycles. The largest absolute Gasteiger partial charge is 0.352 e. The van der Waals surface area contributed by atoms with Gasteiger partial charge in [0.15, 0.2) is 0 Å². The number of amides is 2. The molecule has 150 valence electrons. The minimum atomic E-state index is -0.677. The van der Waals surface area contributed by atoms with Crippen molar-refractivity contribution in [2.75, 3.05) is 6.54 Å². The lowest BCUT2D eigenvalue weighted by molar-refractivity contribution is -0.121. The Labute approximate surface area is 164 Å². The summed E-state index contributed by atoms with van der Waals surface area (Å²) in [7, 11) is 0. The molecule has 4 nitrogen and oxygen atoms in total. The Morgan fingerprint density at radius 1 is 1.04 bits per heavy atom. The van der Waals surface area contributed by atoms with E-state index in [0.29, 0.717) is 5.56 Å². The first-order valence-electron chi connectivity index (χ1n) is 9.21. The van der Waals surface area contributed by atoms with Crippen LogP contribution in [0.25, 0.3) is 0 Å². The molecule has 6 heteroatoms.